The second kappa shape index (κ2) is 8.16. The molecule has 1 atom stereocenters. The molecule has 0 unspecified atom stereocenters. The molecule has 0 bridgehead atoms. The van der Waals surface area contributed by atoms with Crippen LogP contribution in [0.5, 0.6) is 0 Å². The molecule has 0 radical (unpaired) electrons. The van der Waals surface area contributed by atoms with E-state index in [2.05, 4.69) is 20.2 Å². The molecule has 3 amide bonds. The van der Waals surface area contributed by atoms with Crippen molar-refractivity contribution in [3.63, 3.8) is 0 Å². The van der Waals surface area contributed by atoms with Crippen LogP contribution in [-0.4, -0.2) is 34.5 Å². The Morgan fingerprint density at radius 1 is 1.25 bits per heavy atom. The van der Waals surface area contributed by atoms with Crippen LogP contribution in [0.3, 0.4) is 0 Å². The lowest BCUT2D eigenvalue weighted by molar-refractivity contribution is -0.129. The van der Waals surface area contributed by atoms with Gasteiger partial charge in [-0.15, -0.1) is 5.10 Å². The molecular formula is C15H16N4O4S. The first kappa shape index (κ1) is 17.5. The molecule has 0 aliphatic rings. The number of carbonyl (C=O) groups is 3. The SMILES string of the molecule is CCc1nnsc1C(=O)O[C@H](C(=O)NC(=O)NC)c1ccccc1. The monoisotopic (exact) mass is 348 g/mol. The van der Waals surface area contributed by atoms with Crippen LogP contribution in [0.15, 0.2) is 30.3 Å². The number of imide groups is 1. The molecule has 2 N–H and O–H groups in total. The number of esters is 1. The van der Waals surface area contributed by atoms with Gasteiger partial charge < -0.3 is 10.1 Å². The highest BCUT2D eigenvalue weighted by molar-refractivity contribution is 7.07. The van der Waals surface area contributed by atoms with Gasteiger partial charge in [0.1, 0.15) is 0 Å². The molecule has 0 fully saturated rings. The van der Waals surface area contributed by atoms with Gasteiger partial charge in [-0.3, -0.25) is 10.1 Å². The first-order valence-corrected chi connectivity index (χ1v) is 7.93. The first-order valence-electron chi connectivity index (χ1n) is 7.16. The zero-order valence-corrected chi connectivity index (χ0v) is 13.9. The molecule has 1 aromatic carbocycles. The zero-order valence-electron chi connectivity index (χ0n) is 13.1. The van der Waals surface area contributed by atoms with Gasteiger partial charge in [0.05, 0.1) is 5.69 Å². The van der Waals surface area contributed by atoms with Gasteiger partial charge in [0.25, 0.3) is 5.91 Å². The number of benzene rings is 1. The molecule has 1 aromatic heterocycles. The van der Waals surface area contributed by atoms with Gasteiger partial charge in [0, 0.05) is 12.6 Å². The quantitative estimate of drug-likeness (QED) is 0.792. The smallest absolute Gasteiger partial charge is 0.353 e. The molecule has 126 valence electrons. The zero-order chi connectivity index (χ0) is 17.5. The Labute approximate surface area is 142 Å². The van der Waals surface area contributed by atoms with Crippen molar-refractivity contribution in [1.29, 1.82) is 0 Å². The summed E-state index contributed by atoms with van der Waals surface area (Å²) in [5, 5.41) is 8.23. The van der Waals surface area contributed by atoms with E-state index < -0.39 is 24.0 Å². The summed E-state index contributed by atoms with van der Waals surface area (Å²) in [6.07, 6.45) is -0.746. The van der Waals surface area contributed by atoms with Gasteiger partial charge in [-0.1, -0.05) is 41.7 Å². The van der Waals surface area contributed by atoms with Gasteiger partial charge >= 0.3 is 12.0 Å². The number of rotatable bonds is 5. The minimum atomic E-state index is -1.26. The maximum absolute atomic E-state index is 12.4. The standard InChI is InChI=1S/C15H16N4O4S/c1-3-10-12(24-19-18-10)14(21)23-11(9-7-5-4-6-8-9)13(20)17-15(22)16-2/h4-8,11H,3H2,1-2H3,(H2,16,17,20,22)/t11-/m0/s1. The Bertz CT molecular complexity index is 732. The van der Waals surface area contributed by atoms with E-state index in [0.29, 0.717) is 17.7 Å². The van der Waals surface area contributed by atoms with Crippen molar-refractivity contribution < 1.29 is 19.1 Å². The van der Waals surface area contributed by atoms with E-state index in [9.17, 15) is 14.4 Å². The van der Waals surface area contributed by atoms with E-state index in [1.807, 2.05) is 6.92 Å². The highest BCUT2D eigenvalue weighted by atomic mass is 32.1. The van der Waals surface area contributed by atoms with E-state index in [4.69, 9.17) is 4.74 Å². The Morgan fingerprint density at radius 2 is 1.96 bits per heavy atom. The fourth-order valence-electron chi connectivity index (χ4n) is 1.90. The molecule has 0 saturated heterocycles. The Balaban J connectivity index is 2.24. The lowest BCUT2D eigenvalue weighted by Gasteiger charge is -2.17. The van der Waals surface area contributed by atoms with Gasteiger partial charge in [0.15, 0.2) is 4.88 Å². The first-order chi connectivity index (χ1) is 11.6. The number of carbonyl (C=O) groups excluding carboxylic acids is 3. The molecule has 0 aliphatic heterocycles. The third kappa shape index (κ3) is 4.13. The van der Waals surface area contributed by atoms with Crippen LogP contribution < -0.4 is 10.6 Å². The van der Waals surface area contributed by atoms with E-state index in [1.165, 1.54) is 7.05 Å². The number of hydrogen-bond donors (Lipinski definition) is 2. The number of amides is 3. The van der Waals surface area contributed by atoms with Crippen molar-refractivity contribution in [2.75, 3.05) is 7.05 Å². The Morgan fingerprint density at radius 3 is 2.58 bits per heavy atom. The molecule has 0 spiro atoms. The van der Waals surface area contributed by atoms with Crippen LogP contribution in [0.25, 0.3) is 0 Å². The van der Waals surface area contributed by atoms with Gasteiger partial charge in [0.2, 0.25) is 6.10 Å². The molecule has 9 heteroatoms. The summed E-state index contributed by atoms with van der Waals surface area (Å²) in [5.41, 5.74) is 0.950. The van der Waals surface area contributed by atoms with Gasteiger partial charge in [-0.05, 0) is 18.0 Å². The number of nitrogens with one attached hydrogen (secondary N) is 2. The summed E-state index contributed by atoms with van der Waals surface area (Å²) in [7, 11) is 1.38. The molecule has 2 aromatic rings. The second-order valence-corrected chi connectivity index (χ2v) is 5.42. The summed E-state index contributed by atoms with van der Waals surface area (Å²) in [6.45, 7) is 1.83. The highest BCUT2D eigenvalue weighted by Gasteiger charge is 2.28. The van der Waals surface area contributed by atoms with Crippen LogP contribution in [0.2, 0.25) is 0 Å². The summed E-state index contributed by atoms with van der Waals surface area (Å²) in [6, 6.07) is 7.75. The van der Waals surface area contributed by atoms with Crippen molar-refractivity contribution in [2.24, 2.45) is 0 Å². The van der Waals surface area contributed by atoms with E-state index in [0.717, 1.165) is 11.5 Å². The largest absolute Gasteiger partial charge is 0.443 e. The minimum absolute atomic E-state index is 0.242. The summed E-state index contributed by atoms with van der Waals surface area (Å²) >= 11 is 0.903. The average Bonchev–Trinajstić information content (AvgIpc) is 3.08. The average molecular weight is 348 g/mol. The number of aryl methyl sites for hydroxylation is 1. The number of urea groups is 1. The molecule has 0 saturated carbocycles. The van der Waals surface area contributed by atoms with Crippen LogP contribution in [-0.2, 0) is 16.0 Å². The van der Waals surface area contributed by atoms with E-state index in [1.54, 1.807) is 30.3 Å². The highest BCUT2D eigenvalue weighted by Crippen LogP contribution is 2.22. The molecule has 24 heavy (non-hydrogen) atoms. The summed E-state index contributed by atoms with van der Waals surface area (Å²) in [5.74, 6) is -1.45. The van der Waals surface area contributed by atoms with Crippen LogP contribution in [0.1, 0.15) is 34.0 Å². The molecular weight excluding hydrogens is 332 g/mol. The van der Waals surface area contributed by atoms with Gasteiger partial charge in [-0.2, -0.15) is 0 Å². The fraction of sp³-hybridized carbons (Fsp3) is 0.267. The topological polar surface area (TPSA) is 110 Å². The predicted octanol–water partition coefficient (Wildman–Crippen LogP) is 1.45. The summed E-state index contributed by atoms with van der Waals surface area (Å²) in [4.78, 5) is 36.3. The lowest BCUT2D eigenvalue weighted by atomic mass is 10.1. The van der Waals surface area contributed by atoms with Crippen molar-refractivity contribution in [3.8, 4) is 0 Å². The molecule has 1 heterocycles. The van der Waals surface area contributed by atoms with Crippen LogP contribution in [0, 0.1) is 0 Å². The van der Waals surface area contributed by atoms with Crippen molar-refractivity contribution in [1.82, 2.24) is 20.2 Å². The third-order valence-corrected chi connectivity index (χ3v) is 3.85. The normalized spacial score (nSPS) is 11.4. The Kier molecular flexibility index (Phi) is 5.96. The molecule has 8 nitrogen and oxygen atoms in total. The van der Waals surface area contributed by atoms with Crippen molar-refractivity contribution in [3.05, 3.63) is 46.5 Å². The second-order valence-electron chi connectivity index (χ2n) is 4.67. The number of ether oxygens (including phenoxy) is 1. The van der Waals surface area contributed by atoms with Crippen LogP contribution >= 0.6 is 11.5 Å². The fourth-order valence-corrected chi connectivity index (χ4v) is 2.53. The van der Waals surface area contributed by atoms with Gasteiger partial charge in [-0.25, -0.2) is 9.59 Å². The van der Waals surface area contributed by atoms with Crippen molar-refractivity contribution in [2.45, 2.75) is 19.4 Å². The molecule has 0 aliphatic carbocycles. The molecule has 2 rings (SSSR count). The lowest BCUT2D eigenvalue weighted by Crippen LogP contribution is -2.41. The maximum atomic E-state index is 12.4. The third-order valence-electron chi connectivity index (χ3n) is 3.11. The number of hydrogen-bond acceptors (Lipinski definition) is 7. The van der Waals surface area contributed by atoms with Crippen molar-refractivity contribution >= 4 is 29.4 Å². The number of nitrogens with zero attached hydrogens (tertiary/aromatic N) is 2. The maximum Gasteiger partial charge on any atom is 0.353 e. The predicted molar refractivity (Wildman–Crippen MR) is 86.5 cm³/mol. The summed E-state index contributed by atoms with van der Waals surface area (Å²) < 4.78 is 9.06. The Hall–Kier alpha value is -2.81. The van der Waals surface area contributed by atoms with E-state index >= 15 is 0 Å². The van der Waals surface area contributed by atoms with Crippen LogP contribution in [0.4, 0.5) is 4.79 Å². The van der Waals surface area contributed by atoms with E-state index in [-0.39, 0.29) is 4.88 Å². The minimum Gasteiger partial charge on any atom is -0.443 e. The number of aromatic nitrogens is 2.